The Hall–Kier alpha value is -2.73. The maximum absolute atomic E-state index is 14.3. The summed E-state index contributed by atoms with van der Waals surface area (Å²) in [5.74, 6) is -1.45. The van der Waals surface area contributed by atoms with Crippen molar-refractivity contribution in [2.24, 2.45) is 0 Å². The lowest BCUT2D eigenvalue weighted by Gasteiger charge is -2.30. The molecule has 0 spiro atoms. The molecule has 3 heterocycles. The van der Waals surface area contributed by atoms with E-state index in [1.54, 1.807) is 6.20 Å². The molecular weight excluding hydrogens is 472 g/mol. The van der Waals surface area contributed by atoms with Gasteiger partial charge in [-0.2, -0.15) is 4.98 Å². The molecule has 12 heteroatoms. The van der Waals surface area contributed by atoms with Gasteiger partial charge in [-0.05, 0) is 36.0 Å². The van der Waals surface area contributed by atoms with Gasteiger partial charge in [-0.25, -0.2) is 13.8 Å². The fraction of sp³-hybridized carbons (Fsp3) is 0.429. The molecule has 0 aliphatic carbocycles. The minimum absolute atomic E-state index is 0.0225. The van der Waals surface area contributed by atoms with Gasteiger partial charge in [-0.3, -0.25) is 14.3 Å². The summed E-state index contributed by atoms with van der Waals surface area (Å²) in [5.41, 5.74) is -0.727. The second-order valence-electron chi connectivity index (χ2n) is 8.09. The highest BCUT2D eigenvalue weighted by Crippen LogP contribution is 2.34. The van der Waals surface area contributed by atoms with Crippen molar-refractivity contribution >= 4 is 39.1 Å². The molecular formula is C21H23F2N5O3S2. The van der Waals surface area contributed by atoms with Crippen molar-refractivity contribution in [2.75, 3.05) is 29.6 Å². The van der Waals surface area contributed by atoms with E-state index in [0.29, 0.717) is 11.8 Å². The third-order valence-corrected chi connectivity index (χ3v) is 7.40. The summed E-state index contributed by atoms with van der Waals surface area (Å²) in [4.78, 5) is 24.1. The minimum Gasteiger partial charge on any atom is -0.338 e. The Morgan fingerprint density at radius 3 is 2.52 bits per heavy atom. The standard InChI is InChI=1S/C21H23F2N5O3S2/c1-11(2)19-26-20(27-31-19)28-6-4-12(5-7-28)16-10-24-21(32-16)25-18(29)17-14(22)8-13(33(3)30)9-15(17)23/h8-12H,4-7H2,1-3H3,(H,24,25,29). The molecule has 1 fully saturated rings. The number of nitrogens with one attached hydrogen (secondary N) is 1. The number of carbonyl (C=O) groups excluding carboxylic acids is 1. The van der Waals surface area contributed by atoms with Crippen LogP contribution in [0.1, 0.15) is 59.7 Å². The molecule has 4 rings (SSSR count). The molecule has 0 bridgehead atoms. The lowest BCUT2D eigenvalue weighted by molar-refractivity contribution is 0.101. The van der Waals surface area contributed by atoms with Gasteiger partial charge in [0.15, 0.2) is 5.13 Å². The van der Waals surface area contributed by atoms with Crippen LogP contribution >= 0.6 is 11.3 Å². The number of rotatable bonds is 6. The van der Waals surface area contributed by atoms with Crippen LogP contribution in [0, 0.1) is 11.6 Å². The van der Waals surface area contributed by atoms with Crippen molar-refractivity contribution < 1.29 is 22.3 Å². The Morgan fingerprint density at radius 2 is 1.94 bits per heavy atom. The van der Waals surface area contributed by atoms with Gasteiger partial charge in [0, 0.05) is 52.0 Å². The van der Waals surface area contributed by atoms with E-state index in [1.807, 2.05) is 13.8 Å². The largest absolute Gasteiger partial charge is 0.338 e. The number of piperidine rings is 1. The maximum atomic E-state index is 14.3. The molecule has 0 radical (unpaired) electrons. The molecule has 1 aliphatic heterocycles. The van der Waals surface area contributed by atoms with Crippen LogP contribution in [-0.2, 0) is 10.8 Å². The highest BCUT2D eigenvalue weighted by atomic mass is 32.2. The number of hydrogen-bond acceptors (Lipinski definition) is 8. The number of halogens is 2. The normalized spacial score (nSPS) is 15.8. The van der Waals surface area contributed by atoms with Gasteiger partial charge in [-0.15, -0.1) is 11.3 Å². The Balaban J connectivity index is 1.39. The zero-order valence-electron chi connectivity index (χ0n) is 18.3. The summed E-state index contributed by atoms with van der Waals surface area (Å²) in [5, 5.41) is 6.79. The van der Waals surface area contributed by atoms with Crippen LogP contribution in [0.3, 0.4) is 0 Å². The number of nitrogens with zero attached hydrogens (tertiary/aromatic N) is 4. The zero-order valence-corrected chi connectivity index (χ0v) is 19.9. The van der Waals surface area contributed by atoms with Crippen molar-refractivity contribution in [3.05, 3.63) is 46.3 Å². The van der Waals surface area contributed by atoms with Crippen molar-refractivity contribution in [1.82, 2.24) is 15.1 Å². The van der Waals surface area contributed by atoms with Gasteiger partial charge in [0.1, 0.15) is 17.2 Å². The molecule has 1 unspecified atom stereocenters. The van der Waals surface area contributed by atoms with Crippen LogP contribution < -0.4 is 10.2 Å². The van der Waals surface area contributed by atoms with Gasteiger partial charge in [0.25, 0.3) is 11.9 Å². The molecule has 33 heavy (non-hydrogen) atoms. The Kier molecular flexibility index (Phi) is 6.84. The molecule has 1 aromatic carbocycles. The quantitative estimate of drug-likeness (QED) is 0.544. The number of hydrogen-bond donors (Lipinski definition) is 1. The van der Waals surface area contributed by atoms with E-state index in [2.05, 4.69) is 25.3 Å². The SMILES string of the molecule is CC(C)c1nc(N2CCC(c3cnc(NC(=O)c4c(F)cc(S(C)=O)cc4F)s3)CC2)no1. The summed E-state index contributed by atoms with van der Waals surface area (Å²) >= 11 is 1.28. The molecule has 8 nitrogen and oxygen atoms in total. The van der Waals surface area contributed by atoms with E-state index in [4.69, 9.17) is 4.52 Å². The topological polar surface area (TPSA) is 101 Å². The van der Waals surface area contributed by atoms with Gasteiger partial charge in [-0.1, -0.05) is 13.8 Å². The van der Waals surface area contributed by atoms with E-state index in [0.717, 1.165) is 42.9 Å². The summed E-state index contributed by atoms with van der Waals surface area (Å²) in [6.45, 7) is 5.50. The van der Waals surface area contributed by atoms with Crippen LogP contribution in [0.5, 0.6) is 0 Å². The molecule has 1 amide bonds. The smallest absolute Gasteiger partial charge is 0.266 e. The van der Waals surface area contributed by atoms with Gasteiger partial charge < -0.3 is 9.42 Å². The lowest BCUT2D eigenvalue weighted by Crippen LogP contribution is -2.33. The fourth-order valence-electron chi connectivity index (χ4n) is 3.58. The lowest BCUT2D eigenvalue weighted by atomic mass is 9.96. The Morgan fingerprint density at radius 1 is 1.27 bits per heavy atom. The van der Waals surface area contributed by atoms with Crippen LogP contribution in [0.15, 0.2) is 27.7 Å². The molecule has 1 N–H and O–H groups in total. The first-order valence-corrected chi connectivity index (χ1v) is 12.8. The van der Waals surface area contributed by atoms with E-state index in [1.165, 1.54) is 17.6 Å². The number of amides is 1. The van der Waals surface area contributed by atoms with Gasteiger partial charge in [0.05, 0.1) is 0 Å². The maximum Gasteiger partial charge on any atom is 0.266 e. The molecule has 3 aromatic rings. The molecule has 1 saturated heterocycles. The number of benzene rings is 1. The van der Waals surface area contributed by atoms with E-state index >= 15 is 0 Å². The molecule has 2 aromatic heterocycles. The summed E-state index contributed by atoms with van der Waals surface area (Å²) in [7, 11) is -1.56. The number of aromatic nitrogens is 3. The third-order valence-electron chi connectivity index (χ3n) is 5.42. The summed E-state index contributed by atoms with van der Waals surface area (Å²) in [6, 6.07) is 1.81. The zero-order chi connectivity index (χ0) is 23.7. The number of thiazole rings is 1. The van der Waals surface area contributed by atoms with Gasteiger partial charge >= 0.3 is 0 Å². The Labute approximate surface area is 195 Å². The third kappa shape index (κ3) is 5.11. The van der Waals surface area contributed by atoms with Crippen LogP contribution in [-0.4, -0.2) is 44.6 Å². The van der Waals surface area contributed by atoms with Crippen LogP contribution in [0.2, 0.25) is 0 Å². The average Bonchev–Trinajstić information content (AvgIpc) is 3.43. The Bertz CT molecular complexity index is 1170. The summed E-state index contributed by atoms with van der Waals surface area (Å²) < 4.78 is 45.3. The molecule has 1 atom stereocenters. The summed E-state index contributed by atoms with van der Waals surface area (Å²) in [6.07, 6.45) is 4.68. The average molecular weight is 496 g/mol. The molecule has 1 aliphatic rings. The van der Waals surface area contributed by atoms with E-state index in [-0.39, 0.29) is 21.9 Å². The van der Waals surface area contributed by atoms with E-state index < -0.39 is 33.9 Å². The predicted molar refractivity (Wildman–Crippen MR) is 121 cm³/mol. The van der Waals surface area contributed by atoms with Crippen LogP contribution in [0.25, 0.3) is 0 Å². The van der Waals surface area contributed by atoms with Gasteiger partial charge in [0.2, 0.25) is 5.89 Å². The molecule has 176 valence electrons. The fourth-order valence-corrected chi connectivity index (χ4v) is 5.10. The number of carbonyl (C=O) groups is 1. The highest BCUT2D eigenvalue weighted by Gasteiger charge is 2.26. The van der Waals surface area contributed by atoms with Crippen molar-refractivity contribution in [3.63, 3.8) is 0 Å². The van der Waals surface area contributed by atoms with Crippen molar-refractivity contribution in [3.8, 4) is 0 Å². The van der Waals surface area contributed by atoms with Crippen molar-refractivity contribution in [2.45, 2.75) is 43.4 Å². The highest BCUT2D eigenvalue weighted by molar-refractivity contribution is 7.84. The van der Waals surface area contributed by atoms with Crippen LogP contribution in [0.4, 0.5) is 19.9 Å². The first-order valence-electron chi connectivity index (χ1n) is 10.4. The monoisotopic (exact) mass is 495 g/mol. The molecule has 0 saturated carbocycles. The predicted octanol–water partition coefficient (Wildman–Crippen LogP) is 4.30. The second kappa shape index (κ2) is 9.64. The number of anilines is 2. The second-order valence-corrected chi connectivity index (χ2v) is 10.5. The van der Waals surface area contributed by atoms with E-state index in [9.17, 15) is 17.8 Å². The van der Waals surface area contributed by atoms with Crippen molar-refractivity contribution in [1.29, 1.82) is 0 Å². The first-order chi connectivity index (χ1) is 15.7. The first kappa shape index (κ1) is 23.4. The minimum atomic E-state index is -1.56.